The van der Waals surface area contributed by atoms with Gasteiger partial charge in [0.05, 0.1) is 17.1 Å². The van der Waals surface area contributed by atoms with Gasteiger partial charge < -0.3 is 9.32 Å². The lowest BCUT2D eigenvalue weighted by molar-refractivity contribution is -0.133. The summed E-state index contributed by atoms with van der Waals surface area (Å²) in [6.45, 7) is 2.62. The zero-order chi connectivity index (χ0) is 20.1. The fourth-order valence-corrected chi connectivity index (χ4v) is 5.28. The van der Waals surface area contributed by atoms with Crippen LogP contribution in [0.15, 0.2) is 40.8 Å². The molecule has 1 fully saturated rings. The Bertz CT molecular complexity index is 922. The summed E-state index contributed by atoms with van der Waals surface area (Å²) in [5, 5.41) is 0. The predicted octanol–water partition coefficient (Wildman–Crippen LogP) is 3.83. The summed E-state index contributed by atoms with van der Waals surface area (Å²) in [6.07, 6.45) is 2.93. The van der Waals surface area contributed by atoms with Crippen LogP contribution in [-0.2, 0) is 21.1 Å². The van der Waals surface area contributed by atoms with Crippen LogP contribution in [0.5, 0.6) is 0 Å². The van der Waals surface area contributed by atoms with E-state index in [0.29, 0.717) is 36.5 Å². The molecule has 1 aromatic heterocycles. The second-order valence-corrected chi connectivity index (χ2v) is 9.47. The number of carbonyl (C=O) groups is 1. The maximum atomic E-state index is 13.9. The quantitative estimate of drug-likeness (QED) is 0.667. The maximum Gasteiger partial charge on any atom is 0.223 e. The lowest BCUT2D eigenvalue weighted by atomic mass is 10.1. The Morgan fingerprint density at radius 1 is 1.25 bits per heavy atom. The molecule has 28 heavy (non-hydrogen) atoms. The van der Waals surface area contributed by atoms with E-state index in [2.05, 4.69) is 0 Å². The minimum absolute atomic E-state index is 0.0561. The molecule has 1 aromatic carbocycles. The number of carbonyl (C=O) groups excluding carboxylic acids is 1. The number of aryl methyl sites for hydroxylation is 1. The van der Waals surface area contributed by atoms with Crippen molar-refractivity contribution in [3.8, 4) is 11.3 Å². The van der Waals surface area contributed by atoms with Crippen molar-refractivity contribution in [1.82, 2.24) is 4.90 Å². The first-order valence-corrected chi connectivity index (χ1v) is 11.6. The van der Waals surface area contributed by atoms with E-state index >= 15 is 0 Å². The summed E-state index contributed by atoms with van der Waals surface area (Å²) >= 11 is 0. The Morgan fingerprint density at radius 3 is 2.71 bits per heavy atom. The molecule has 1 saturated heterocycles. The SMILES string of the molecule is CCCCN(C(=O)CCc1ccc(-c2ccccc2F)o1)C1CCS(=O)(=O)C1. The lowest BCUT2D eigenvalue weighted by Gasteiger charge is -2.28. The van der Waals surface area contributed by atoms with Crippen LogP contribution in [-0.4, -0.2) is 43.3 Å². The molecular weight excluding hydrogens is 381 g/mol. The molecule has 0 spiro atoms. The van der Waals surface area contributed by atoms with Crippen molar-refractivity contribution in [2.45, 2.75) is 45.1 Å². The number of rotatable bonds is 8. The van der Waals surface area contributed by atoms with E-state index in [1.54, 1.807) is 35.2 Å². The normalized spacial score (nSPS) is 18.3. The van der Waals surface area contributed by atoms with Gasteiger partial charge in [-0.25, -0.2) is 12.8 Å². The molecule has 0 aliphatic carbocycles. The number of hydrogen-bond acceptors (Lipinski definition) is 4. The van der Waals surface area contributed by atoms with Gasteiger partial charge in [0.15, 0.2) is 9.84 Å². The van der Waals surface area contributed by atoms with Crippen molar-refractivity contribution in [2.24, 2.45) is 0 Å². The minimum atomic E-state index is -3.05. The van der Waals surface area contributed by atoms with Crippen molar-refractivity contribution in [3.63, 3.8) is 0 Å². The molecule has 1 aliphatic heterocycles. The van der Waals surface area contributed by atoms with Crippen LogP contribution in [0.1, 0.15) is 38.4 Å². The van der Waals surface area contributed by atoms with Crippen molar-refractivity contribution >= 4 is 15.7 Å². The Hall–Kier alpha value is -2.15. The molecule has 1 aliphatic rings. The molecule has 1 atom stereocenters. The van der Waals surface area contributed by atoms with Gasteiger partial charge in [0.2, 0.25) is 5.91 Å². The Morgan fingerprint density at radius 2 is 2.04 bits per heavy atom. The molecule has 1 amide bonds. The first-order chi connectivity index (χ1) is 13.4. The number of sulfone groups is 1. The van der Waals surface area contributed by atoms with Crippen molar-refractivity contribution in [1.29, 1.82) is 0 Å². The van der Waals surface area contributed by atoms with Crippen LogP contribution in [0.4, 0.5) is 4.39 Å². The van der Waals surface area contributed by atoms with Gasteiger partial charge in [-0.3, -0.25) is 4.79 Å². The average molecular weight is 408 g/mol. The van der Waals surface area contributed by atoms with Gasteiger partial charge in [0.25, 0.3) is 0 Å². The van der Waals surface area contributed by atoms with Gasteiger partial charge in [-0.2, -0.15) is 0 Å². The van der Waals surface area contributed by atoms with E-state index in [0.717, 1.165) is 12.8 Å². The second-order valence-electron chi connectivity index (χ2n) is 7.24. The molecule has 0 N–H and O–H groups in total. The molecule has 0 radical (unpaired) electrons. The van der Waals surface area contributed by atoms with Gasteiger partial charge in [-0.05, 0) is 37.1 Å². The van der Waals surface area contributed by atoms with Crippen molar-refractivity contribution < 1.29 is 22.0 Å². The molecule has 7 heteroatoms. The maximum absolute atomic E-state index is 13.9. The molecular formula is C21H26FNO4S. The largest absolute Gasteiger partial charge is 0.461 e. The second kappa shape index (κ2) is 8.90. The minimum Gasteiger partial charge on any atom is -0.461 e. The molecule has 2 aromatic rings. The number of furan rings is 1. The number of amides is 1. The zero-order valence-corrected chi connectivity index (χ0v) is 16.9. The number of halogens is 1. The van der Waals surface area contributed by atoms with Gasteiger partial charge in [-0.1, -0.05) is 25.5 Å². The van der Waals surface area contributed by atoms with E-state index in [4.69, 9.17) is 4.42 Å². The standard InChI is InChI=1S/C21H26FNO4S/c1-2-3-13-23(16-12-14-28(25,26)15-16)21(24)11-9-17-8-10-20(27-17)18-6-4-5-7-19(18)22/h4-8,10,16H,2-3,9,11-15H2,1H3. The zero-order valence-electron chi connectivity index (χ0n) is 16.1. The molecule has 2 heterocycles. The third-order valence-corrected chi connectivity index (χ3v) is 6.86. The highest BCUT2D eigenvalue weighted by Gasteiger charge is 2.34. The van der Waals surface area contributed by atoms with Crippen molar-refractivity contribution in [2.75, 3.05) is 18.1 Å². The van der Waals surface area contributed by atoms with Crippen LogP contribution < -0.4 is 0 Å². The monoisotopic (exact) mass is 407 g/mol. The lowest BCUT2D eigenvalue weighted by Crippen LogP contribution is -2.41. The fourth-order valence-electron chi connectivity index (χ4n) is 3.55. The molecule has 1 unspecified atom stereocenters. The Kier molecular flexibility index (Phi) is 6.54. The van der Waals surface area contributed by atoms with Crippen molar-refractivity contribution in [3.05, 3.63) is 48.0 Å². The van der Waals surface area contributed by atoms with E-state index < -0.39 is 9.84 Å². The summed E-state index contributed by atoms with van der Waals surface area (Å²) in [6, 6.07) is 9.62. The molecule has 3 rings (SSSR count). The Balaban J connectivity index is 1.64. The van der Waals surface area contributed by atoms with Crippen LogP contribution in [0.2, 0.25) is 0 Å². The summed E-state index contributed by atoms with van der Waals surface area (Å²) in [5.74, 6) is 0.844. The van der Waals surface area contributed by atoms with E-state index in [1.807, 2.05) is 6.92 Å². The Labute approximate surface area is 165 Å². The highest BCUT2D eigenvalue weighted by atomic mass is 32.2. The summed E-state index contributed by atoms with van der Waals surface area (Å²) < 4.78 is 43.2. The van der Waals surface area contributed by atoms with Crippen LogP contribution in [0, 0.1) is 5.82 Å². The first-order valence-electron chi connectivity index (χ1n) is 9.73. The topological polar surface area (TPSA) is 67.6 Å². The third-order valence-electron chi connectivity index (χ3n) is 5.11. The molecule has 0 bridgehead atoms. The molecule has 0 saturated carbocycles. The fraction of sp³-hybridized carbons (Fsp3) is 0.476. The molecule has 152 valence electrons. The van der Waals surface area contributed by atoms with E-state index in [1.165, 1.54) is 6.07 Å². The molecule has 5 nitrogen and oxygen atoms in total. The van der Waals surface area contributed by atoms with Gasteiger partial charge in [-0.15, -0.1) is 0 Å². The smallest absolute Gasteiger partial charge is 0.223 e. The van der Waals surface area contributed by atoms with Gasteiger partial charge in [0, 0.05) is 25.4 Å². The first kappa shape index (κ1) is 20.6. The van der Waals surface area contributed by atoms with Crippen LogP contribution in [0.25, 0.3) is 11.3 Å². The predicted molar refractivity (Wildman–Crippen MR) is 106 cm³/mol. The number of hydrogen-bond donors (Lipinski definition) is 0. The van der Waals surface area contributed by atoms with Gasteiger partial charge in [0.1, 0.15) is 17.3 Å². The number of unbranched alkanes of at least 4 members (excludes halogenated alkanes) is 1. The highest BCUT2D eigenvalue weighted by Crippen LogP contribution is 2.26. The number of nitrogens with zero attached hydrogens (tertiary/aromatic N) is 1. The average Bonchev–Trinajstić information content (AvgIpc) is 3.27. The van der Waals surface area contributed by atoms with E-state index in [-0.39, 0.29) is 35.7 Å². The summed E-state index contributed by atoms with van der Waals surface area (Å²) in [5.41, 5.74) is 0.390. The number of benzene rings is 1. The highest BCUT2D eigenvalue weighted by molar-refractivity contribution is 7.91. The third kappa shape index (κ3) is 5.01. The summed E-state index contributed by atoms with van der Waals surface area (Å²) in [7, 11) is -3.05. The van der Waals surface area contributed by atoms with Crippen LogP contribution >= 0.6 is 0 Å². The van der Waals surface area contributed by atoms with Crippen LogP contribution in [0.3, 0.4) is 0 Å². The summed E-state index contributed by atoms with van der Waals surface area (Å²) in [4.78, 5) is 14.5. The van der Waals surface area contributed by atoms with Gasteiger partial charge >= 0.3 is 0 Å². The van der Waals surface area contributed by atoms with E-state index in [9.17, 15) is 17.6 Å².